The summed E-state index contributed by atoms with van der Waals surface area (Å²) in [6, 6.07) is 19.2. The van der Waals surface area contributed by atoms with Crippen LogP contribution in [-0.4, -0.2) is 15.9 Å². The van der Waals surface area contributed by atoms with Crippen LogP contribution in [0.25, 0.3) is 10.9 Å². The molecule has 0 fully saturated rings. The molecule has 0 unspecified atom stereocenters. The van der Waals surface area contributed by atoms with Crippen LogP contribution < -0.4 is 5.56 Å². The number of nitrogens with zero attached hydrogens (tertiary/aromatic N) is 3. The molecular weight excluding hydrogens is 450 g/mol. The van der Waals surface area contributed by atoms with Gasteiger partial charge in [0.25, 0.3) is 5.56 Å². The molecule has 0 N–H and O–H groups in total. The largest absolute Gasteiger partial charge is 0.448 e. The number of hydrogen-bond acceptors (Lipinski definition) is 5. The smallest absolute Gasteiger partial charge is 0.282 e. The van der Waals surface area contributed by atoms with Crippen LogP contribution in [0, 0.1) is 0 Å². The summed E-state index contributed by atoms with van der Waals surface area (Å²) in [5, 5.41) is 5.67. The van der Waals surface area contributed by atoms with Crippen LogP contribution in [0.15, 0.2) is 89.4 Å². The molecule has 0 saturated heterocycles. The van der Waals surface area contributed by atoms with Gasteiger partial charge in [-0.15, -0.1) is 0 Å². The summed E-state index contributed by atoms with van der Waals surface area (Å²) in [7, 11) is 0. The second-order valence-corrected chi connectivity index (χ2v) is 8.71. The van der Waals surface area contributed by atoms with Gasteiger partial charge in [0.15, 0.2) is 5.09 Å². The predicted octanol–water partition coefficient (Wildman–Crippen LogP) is 5.91. The second-order valence-electron chi connectivity index (χ2n) is 6.72. The third kappa shape index (κ3) is 4.36. The lowest BCUT2D eigenvalue weighted by molar-refractivity contribution is 0.468. The Morgan fingerprint density at radius 3 is 2.69 bits per heavy atom. The number of benzene rings is 2. The van der Waals surface area contributed by atoms with Gasteiger partial charge in [-0.1, -0.05) is 59.7 Å². The minimum absolute atomic E-state index is 0.0358. The Balaban J connectivity index is 1.68. The molecule has 0 atom stereocenters. The van der Waals surface area contributed by atoms with Crippen LogP contribution >= 0.6 is 27.7 Å². The molecule has 7 heteroatoms. The van der Waals surface area contributed by atoms with Crippen LogP contribution in [0.5, 0.6) is 0 Å². The number of furan rings is 1. The molecule has 0 radical (unpaired) electrons. The van der Waals surface area contributed by atoms with E-state index in [1.54, 1.807) is 12.3 Å². The second kappa shape index (κ2) is 8.39. The Bertz CT molecular complexity index is 1250. The van der Waals surface area contributed by atoms with Gasteiger partial charge in [0.2, 0.25) is 0 Å². The molecule has 29 heavy (non-hydrogen) atoms. The van der Waals surface area contributed by atoms with E-state index in [1.165, 1.54) is 16.4 Å². The normalized spacial score (nSPS) is 11.7. The summed E-state index contributed by atoms with van der Waals surface area (Å²) >= 11 is 4.94. The van der Waals surface area contributed by atoms with Gasteiger partial charge < -0.3 is 4.42 Å². The lowest BCUT2D eigenvalue weighted by Crippen LogP contribution is -2.23. The quantitative estimate of drug-likeness (QED) is 0.342. The first-order valence-electron chi connectivity index (χ1n) is 9.10. The average Bonchev–Trinajstić information content (AvgIpc) is 3.15. The van der Waals surface area contributed by atoms with Crippen molar-refractivity contribution < 1.29 is 4.42 Å². The molecule has 4 rings (SSSR count). The molecule has 0 spiro atoms. The monoisotopic (exact) mass is 467 g/mol. The van der Waals surface area contributed by atoms with E-state index in [1.807, 2.05) is 68.4 Å². The van der Waals surface area contributed by atoms with E-state index >= 15 is 0 Å². The van der Waals surface area contributed by atoms with Gasteiger partial charge in [-0.3, -0.25) is 4.79 Å². The molecule has 2 aromatic heterocycles. The molecule has 0 saturated carbocycles. The highest BCUT2D eigenvalue weighted by Crippen LogP contribution is 2.28. The summed E-state index contributed by atoms with van der Waals surface area (Å²) in [6.45, 7) is 3.97. The summed E-state index contributed by atoms with van der Waals surface area (Å²) < 4.78 is 8.00. The molecule has 2 heterocycles. The van der Waals surface area contributed by atoms with Gasteiger partial charge in [0.05, 0.1) is 17.1 Å². The first-order valence-corrected chi connectivity index (χ1v) is 10.7. The van der Waals surface area contributed by atoms with Crippen molar-refractivity contribution in [3.05, 3.63) is 87.1 Å². The molecule has 146 valence electrons. The maximum atomic E-state index is 13.0. The van der Waals surface area contributed by atoms with Crippen molar-refractivity contribution in [3.8, 4) is 0 Å². The third-order valence-corrected chi connectivity index (χ3v) is 5.64. The van der Waals surface area contributed by atoms with E-state index in [0.29, 0.717) is 22.5 Å². The minimum Gasteiger partial charge on any atom is -0.448 e. The van der Waals surface area contributed by atoms with Crippen LogP contribution in [-0.2, 0) is 0 Å². The molecule has 0 bridgehead atoms. The lowest BCUT2D eigenvalue weighted by Gasteiger charge is -2.11. The van der Waals surface area contributed by atoms with Crippen molar-refractivity contribution in [2.45, 2.75) is 29.8 Å². The van der Waals surface area contributed by atoms with Crippen LogP contribution in [0.3, 0.4) is 0 Å². The molecular formula is C22H18BrN3O2S. The van der Waals surface area contributed by atoms with Crippen LogP contribution in [0.2, 0.25) is 0 Å². The van der Waals surface area contributed by atoms with Gasteiger partial charge in [-0.05, 0) is 42.5 Å². The van der Waals surface area contributed by atoms with Crippen molar-refractivity contribution >= 4 is 44.8 Å². The first-order chi connectivity index (χ1) is 14.0. The molecule has 0 aliphatic heterocycles. The standard InChI is InChI=1S/C22H18BrN3O2S/c1-14(2)21-25-19-10-8-15(23)12-18(19)22(27)26(21)24-13-16-9-11-20(28-16)29-17-6-4-3-5-7-17/h3-14H,1-2H3. The zero-order chi connectivity index (χ0) is 20.4. The van der Waals surface area contributed by atoms with Gasteiger partial charge in [0.1, 0.15) is 11.6 Å². The van der Waals surface area contributed by atoms with E-state index in [4.69, 9.17) is 4.42 Å². The fourth-order valence-corrected chi connectivity index (χ4v) is 3.99. The lowest BCUT2D eigenvalue weighted by atomic mass is 10.2. The van der Waals surface area contributed by atoms with Gasteiger partial charge in [0, 0.05) is 15.3 Å². The predicted molar refractivity (Wildman–Crippen MR) is 120 cm³/mol. The van der Waals surface area contributed by atoms with Gasteiger partial charge >= 0.3 is 0 Å². The van der Waals surface area contributed by atoms with Crippen molar-refractivity contribution in [1.82, 2.24) is 9.66 Å². The highest BCUT2D eigenvalue weighted by molar-refractivity contribution is 9.10. The number of hydrogen-bond donors (Lipinski definition) is 0. The molecule has 4 aromatic rings. The zero-order valence-electron chi connectivity index (χ0n) is 15.9. The Kier molecular flexibility index (Phi) is 5.69. The Morgan fingerprint density at radius 1 is 1.14 bits per heavy atom. The van der Waals surface area contributed by atoms with E-state index in [9.17, 15) is 4.79 Å². The Labute approximate surface area is 180 Å². The summed E-state index contributed by atoms with van der Waals surface area (Å²) in [5.74, 6) is 1.21. The van der Waals surface area contributed by atoms with E-state index in [0.717, 1.165) is 14.5 Å². The maximum absolute atomic E-state index is 13.0. The van der Waals surface area contributed by atoms with Crippen molar-refractivity contribution in [3.63, 3.8) is 0 Å². The maximum Gasteiger partial charge on any atom is 0.282 e. The molecule has 0 aliphatic rings. The summed E-state index contributed by atoms with van der Waals surface area (Å²) in [4.78, 5) is 18.8. The minimum atomic E-state index is -0.207. The topological polar surface area (TPSA) is 60.4 Å². The Hall–Kier alpha value is -2.64. The summed E-state index contributed by atoms with van der Waals surface area (Å²) in [6.07, 6.45) is 1.55. The fraction of sp³-hybridized carbons (Fsp3) is 0.136. The number of rotatable bonds is 5. The number of fused-ring (bicyclic) bond motifs is 1. The SMILES string of the molecule is CC(C)c1nc2ccc(Br)cc2c(=O)n1N=Cc1ccc(Sc2ccccc2)o1. The van der Waals surface area contributed by atoms with E-state index in [-0.39, 0.29) is 11.5 Å². The van der Waals surface area contributed by atoms with E-state index < -0.39 is 0 Å². The molecule has 2 aromatic carbocycles. The molecule has 0 amide bonds. The Morgan fingerprint density at radius 2 is 1.93 bits per heavy atom. The highest BCUT2D eigenvalue weighted by Gasteiger charge is 2.14. The van der Waals surface area contributed by atoms with Crippen molar-refractivity contribution in [2.24, 2.45) is 5.10 Å². The number of aromatic nitrogens is 2. The van der Waals surface area contributed by atoms with Crippen LogP contribution in [0.4, 0.5) is 0 Å². The van der Waals surface area contributed by atoms with E-state index in [2.05, 4.69) is 26.0 Å². The average molecular weight is 468 g/mol. The number of halogens is 1. The van der Waals surface area contributed by atoms with Gasteiger partial charge in [-0.2, -0.15) is 9.78 Å². The van der Waals surface area contributed by atoms with Crippen molar-refractivity contribution in [2.75, 3.05) is 0 Å². The van der Waals surface area contributed by atoms with Crippen LogP contribution in [0.1, 0.15) is 31.4 Å². The first kappa shape index (κ1) is 19.7. The molecule has 5 nitrogen and oxygen atoms in total. The fourth-order valence-electron chi connectivity index (χ4n) is 2.83. The zero-order valence-corrected chi connectivity index (χ0v) is 18.3. The molecule has 0 aliphatic carbocycles. The summed E-state index contributed by atoms with van der Waals surface area (Å²) in [5.41, 5.74) is 0.453. The van der Waals surface area contributed by atoms with Gasteiger partial charge in [-0.25, -0.2) is 4.98 Å². The highest BCUT2D eigenvalue weighted by atomic mass is 79.9. The third-order valence-electron chi connectivity index (χ3n) is 4.21. The van der Waals surface area contributed by atoms with Crippen molar-refractivity contribution in [1.29, 1.82) is 0 Å².